The molecule has 0 unspecified atom stereocenters. The Hall–Kier alpha value is -1.56. The van der Waals surface area contributed by atoms with E-state index >= 15 is 0 Å². The van der Waals surface area contributed by atoms with Gasteiger partial charge in [0.2, 0.25) is 11.9 Å². The smallest absolute Gasteiger partial charge is 0.249 e. The molecule has 1 rings (SSSR count). The van der Waals surface area contributed by atoms with Crippen LogP contribution in [0.4, 0.5) is 5.95 Å². The lowest BCUT2D eigenvalue weighted by Gasteiger charge is -2.19. The molecule has 6 nitrogen and oxygen atoms in total. The first-order chi connectivity index (χ1) is 6.56. The van der Waals surface area contributed by atoms with E-state index in [9.17, 15) is 4.79 Å². The number of hydrogen-bond donors (Lipinski definition) is 2. The molecule has 1 aromatic heterocycles. The summed E-state index contributed by atoms with van der Waals surface area (Å²) in [6.45, 7) is 3.76. The van der Waals surface area contributed by atoms with Crippen molar-refractivity contribution >= 4 is 11.9 Å². The van der Waals surface area contributed by atoms with Crippen LogP contribution >= 0.6 is 0 Å². The van der Waals surface area contributed by atoms with E-state index < -0.39 is 5.41 Å². The van der Waals surface area contributed by atoms with E-state index in [2.05, 4.69) is 20.5 Å². The van der Waals surface area contributed by atoms with Crippen molar-refractivity contribution in [2.24, 2.45) is 11.1 Å². The maximum Gasteiger partial charge on any atom is 0.249 e. The molecule has 1 aromatic rings. The molecular weight excluding hydrogens is 182 g/mol. The van der Waals surface area contributed by atoms with Gasteiger partial charge in [0.1, 0.15) is 0 Å². The molecule has 14 heavy (non-hydrogen) atoms. The van der Waals surface area contributed by atoms with Crippen LogP contribution in [-0.4, -0.2) is 27.6 Å². The van der Waals surface area contributed by atoms with Gasteiger partial charge < -0.3 is 5.73 Å². The van der Waals surface area contributed by atoms with Gasteiger partial charge in [0.15, 0.2) is 0 Å². The highest BCUT2D eigenvalue weighted by Crippen LogP contribution is 2.14. The SMILES string of the molecule is CC(C)(CN)C(=O)Nc1nccnn1. The third-order valence-corrected chi connectivity index (χ3v) is 1.83. The van der Waals surface area contributed by atoms with Crippen molar-refractivity contribution in [1.82, 2.24) is 15.2 Å². The number of rotatable bonds is 3. The molecule has 6 heteroatoms. The van der Waals surface area contributed by atoms with Crippen LogP contribution in [0.5, 0.6) is 0 Å². The van der Waals surface area contributed by atoms with Crippen LogP contribution in [0.2, 0.25) is 0 Å². The fourth-order valence-corrected chi connectivity index (χ4v) is 0.668. The van der Waals surface area contributed by atoms with Gasteiger partial charge in [-0.2, -0.15) is 5.10 Å². The summed E-state index contributed by atoms with van der Waals surface area (Å²) >= 11 is 0. The van der Waals surface area contributed by atoms with E-state index in [4.69, 9.17) is 5.73 Å². The molecule has 0 aliphatic heterocycles. The van der Waals surface area contributed by atoms with E-state index in [1.807, 2.05) is 0 Å². The molecule has 0 spiro atoms. The number of hydrogen-bond acceptors (Lipinski definition) is 5. The second kappa shape index (κ2) is 4.10. The zero-order valence-corrected chi connectivity index (χ0v) is 8.19. The largest absolute Gasteiger partial charge is 0.329 e. The maximum absolute atomic E-state index is 11.6. The molecule has 76 valence electrons. The summed E-state index contributed by atoms with van der Waals surface area (Å²) in [5, 5.41) is 9.75. The molecule has 0 saturated carbocycles. The van der Waals surface area contributed by atoms with Crippen molar-refractivity contribution in [1.29, 1.82) is 0 Å². The van der Waals surface area contributed by atoms with Gasteiger partial charge in [-0.05, 0) is 13.8 Å². The Morgan fingerprint density at radius 1 is 1.57 bits per heavy atom. The fraction of sp³-hybridized carbons (Fsp3) is 0.500. The first-order valence-electron chi connectivity index (χ1n) is 4.21. The van der Waals surface area contributed by atoms with Gasteiger partial charge in [0.25, 0.3) is 0 Å². The minimum Gasteiger partial charge on any atom is -0.329 e. The normalized spacial score (nSPS) is 11.1. The average molecular weight is 195 g/mol. The summed E-state index contributed by atoms with van der Waals surface area (Å²) in [7, 11) is 0. The fourth-order valence-electron chi connectivity index (χ4n) is 0.668. The zero-order valence-electron chi connectivity index (χ0n) is 8.19. The topological polar surface area (TPSA) is 93.8 Å². The van der Waals surface area contributed by atoms with Crippen molar-refractivity contribution in [2.75, 3.05) is 11.9 Å². The van der Waals surface area contributed by atoms with Crippen molar-refractivity contribution in [3.63, 3.8) is 0 Å². The monoisotopic (exact) mass is 195 g/mol. The highest BCUT2D eigenvalue weighted by Gasteiger charge is 2.26. The summed E-state index contributed by atoms with van der Waals surface area (Å²) in [5.41, 5.74) is 4.82. The number of carbonyl (C=O) groups is 1. The highest BCUT2D eigenvalue weighted by atomic mass is 16.2. The molecule has 0 fully saturated rings. The average Bonchev–Trinajstić information content (AvgIpc) is 2.19. The van der Waals surface area contributed by atoms with E-state index in [0.717, 1.165) is 0 Å². The van der Waals surface area contributed by atoms with Crippen LogP contribution in [0.1, 0.15) is 13.8 Å². The predicted molar refractivity (Wildman–Crippen MR) is 51.3 cm³/mol. The summed E-state index contributed by atoms with van der Waals surface area (Å²) < 4.78 is 0. The Kier molecular flexibility index (Phi) is 3.08. The van der Waals surface area contributed by atoms with Gasteiger partial charge in [-0.15, -0.1) is 5.10 Å². The van der Waals surface area contributed by atoms with Crippen molar-refractivity contribution < 1.29 is 4.79 Å². The molecule has 0 saturated heterocycles. The van der Waals surface area contributed by atoms with E-state index in [1.165, 1.54) is 12.4 Å². The molecule has 0 aliphatic carbocycles. The highest BCUT2D eigenvalue weighted by molar-refractivity contribution is 5.93. The van der Waals surface area contributed by atoms with Crippen LogP contribution in [-0.2, 0) is 4.79 Å². The Morgan fingerprint density at radius 2 is 2.29 bits per heavy atom. The standard InChI is InChI=1S/C8H13N5O/c1-8(2,5-9)6(14)12-7-10-3-4-11-13-7/h3-4H,5,9H2,1-2H3,(H,10,12,13,14). The number of anilines is 1. The van der Waals surface area contributed by atoms with Gasteiger partial charge >= 0.3 is 0 Å². The Balaban J connectivity index is 2.67. The third-order valence-electron chi connectivity index (χ3n) is 1.83. The van der Waals surface area contributed by atoms with Crippen LogP contribution < -0.4 is 11.1 Å². The number of aromatic nitrogens is 3. The van der Waals surface area contributed by atoms with E-state index in [0.29, 0.717) is 0 Å². The lowest BCUT2D eigenvalue weighted by Crippen LogP contribution is -2.37. The van der Waals surface area contributed by atoms with Gasteiger partial charge in [-0.25, -0.2) is 4.98 Å². The molecule has 0 bridgehead atoms. The second-order valence-electron chi connectivity index (χ2n) is 3.51. The Bertz CT molecular complexity index is 311. The van der Waals surface area contributed by atoms with Crippen LogP contribution in [0.3, 0.4) is 0 Å². The Labute approximate surface area is 81.9 Å². The molecular formula is C8H13N5O. The van der Waals surface area contributed by atoms with Crippen molar-refractivity contribution in [3.05, 3.63) is 12.4 Å². The van der Waals surface area contributed by atoms with E-state index in [1.54, 1.807) is 13.8 Å². The summed E-state index contributed by atoms with van der Waals surface area (Å²) in [4.78, 5) is 15.4. The number of nitrogens with one attached hydrogen (secondary N) is 1. The van der Waals surface area contributed by atoms with Crippen LogP contribution in [0, 0.1) is 5.41 Å². The first-order valence-corrected chi connectivity index (χ1v) is 4.21. The summed E-state index contributed by atoms with van der Waals surface area (Å²) in [6, 6.07) is 0. The van der Waals surface area contributed by atoms with E-state index in [-0.39, 0.29) is 18.4 Å². The number of amides is 1. The number of nitrogens with zero attached hydrogens (tertiary/aromatic N) is 3. The molecule has 0 aromatic carbocycles. The van der Waals surface area contributed by atoms with Crippen LogP contribution in [0.15, 0.2) is 12.4 Å². The van der Waals surface area contributed by atoms with Crippen molar-refractivity contribution in [3.8, 4) is 0 Å². The lowest BCUT2D eigenvalue weighted by molar-refractivity contribution is -0.123. The summed E-state index contributed by atoms with van der Waals surface area (Å²) in [6.07, 6.45) is 2.89. The second-order valence-corrected chi connectivity index (χ2v) is 3.51. The number of nitrogens with two attached hydrogens (primary N) is 1. The third kappa shape index (κ3) is 2.46. The van der Waals surface area contributed by atoms with Gasteiger partial charge in [0.05, 0.1) is 17.8 Å². The molecule has 0 aliphatic rings. The van der Waals surface area contributed by atoms with Gasteiger partial charge in [-0.1, -0.05) is 0 Å². The van der Waals surface area contributed by atoms with Gasteiger partial charge in [-0.3, -0.25) is 10.1 Å². The lowest BCUT2D eigenvalue weighted by atomic mass is 9.93. The minimum absolute atomic E-state index is 0.194. The first kappa shape index (κ1) is 10.5. The molecule has 1 heterocycles. The quantitative estimate of drug-likeness (QED) is 0.696. The van der Waals surface area contributed by atoms with Crippen LogP contribution in [0.25, 0.3) is 0 Å². The maximum atomic E-state index is 11.6. The van der Waals surface area contributed by atoms with Gasteiger partial charge in [0, 0.05) is 6.54 Å². The minimum atomic E-state index is -0.626. The molecule has 0 radical (unpaired) electrons. The summed E-state index contributed by atoms with van der Waals surface area (Å²) in [5.74, 6) is -0.0213. The Morgan fingerprint density at radius 3 is 2.79 bits per heavy atom. The zero-order chi connectivity index (χ0) is 10.6. The predicted octanol–water partition coefficient (Wildman–Crippen LogP) is -0.205. The van der Waals surface area contributed by atoms with Crippen molar-refractivity contribution in [2.45, 2.75) is 13.8 Å². The molecule has 0 atom stereocenters. The molecule has 3 N–H and O–H groups in total. The molecule has 1 amide bonds. The number of carbonyl (C=O) groups excluding carboxylic acids is 1.